The summed E-state index contributed by atoms with van der Waals surface area (Å²) in [5, 5.41) is 9.34. The first-order valence-electron chi connectivity index (χ1n) is 9.28. The van der Waals surface area contributed by atoms with Gasteiger partial charge in [-0.15, -0.1) is 0 Å². The summed E-state index contributed by atoms with van der Waals surface area (Å²) in [5.41, 5.74) is 5.92. The zero-order valence-electron chi connectivity index (χ0n) is 15.9. The number of halogens is 1. The second-order valence-electron chi connectivity index (χ2n) is 6.91. The minimum Gasteiger partial charge on any atom is -0.481 e. The predicted molar refractivity (Wildman–Crippen MR) is 120 cm³/mol. The second-order valence-corrected chi connectivity index (χ2v) is 7.83. The Hall–Kier alpha value is -3.11. The molecular formula is C25H19BrO3. The van der Waals surface area contributed by atoms with Crippen LogP contribution in [0.25, 0.3) is 17.2 Å². The zero-order chi connectivity index (χ0) is 20.4. The van der Waals surface area contributed by atoms with Crippen molar-refractivity contribution in [3.05, 3.63) is 99.5 Å². The zero-order valence-corrected chi connectivity index (χ0v) is 17.4. The van der Waals surface area contributed by atoms with Crippen molar-refractivity contribution in [3.63, 3.8) is 0 Å². The summed E-state index contributed by atoms with van der Waals surface area (Å²) in [4.78, 5) is 11.4. The molecule has 0 aliphatic heterocycles. The van der Waals surface area contributed by atoms with Gasteiger partial charge in [-0.1, -0.05) is 52.3 Å². The summed E-state index contributed by atoms with van der Waals surface area (Å²) < 4.78 is 6.91. The highest BCUT2D eigenvalue weighted by Crippen LogP contribution is 2.44. The maximum Gasteiger partial charge on any atom is 0.307 e. The van der Waals surface area contributed by atoms with E-state index in [9.17, 15) is 9.90 Å². The highest BCUT2D eigenvalue weighted by Gasteiger charge is 2.25. The molecule has 0 saturated heterocycles. The lowest BCUT2D eigenvalue weighted by Gasteiger charge is -2.08. The van der Waals surface area contributed by atoms with Gasteiger partial charge in [-0.2, -0.15) is 0 Å². The average molecular weight is 447 g/mol. The van der Waals surface area contributed by atoms with Gasteiger partial charge in [0.1, 0.15) is 11.5 Å². The topological polar surface area (TPSA) is 46.5 Å². The standard InChI is InChI=1S/C25H19BrO3/c1-16-22(24-14-18(26)10-11-21(24)23(16)15-25(27)28)13-17-6-5-9-20(12-17)29-19-7-3-2-4-8-19/h2-14H,15H2,1H3,(H,27,28)/b22-13-. The number of aliphatic carboxylic acids is 1. The SMILES string of the molecule is CC1=C(CC(=O)O)c2ccc(Br)cc2/C1=C\c1cccc(Oc2ccccc2)c1. The number of para-hydroxylation sites is 1. The summed E-state index contributed by atoms with van der Waals surface area (Å²) in [7, 11) is 0. The number of hydrogen-bond acceptors (Lipinski definition) is 2. The fourth-order valence-corrected chi connectivity index (χ4v) is 3.95. The summed E-state index contributed by atoms with van der Waals surface area (Å²) in [5.74, 6) is 0.713. The number of fused-ring (bicyclic) bond motifs is 1. The van der Waals surface area contributed by atoms with Gasteiger partial charge in [0.15, 0.2) is 0 Å². The van der Waals surface area contributed by atoms with Gasteiger partial charge in [0.05, 0.1) is 6.42 Å². The minimum absolute atomic E-state index is 0.00889. The van der Waals surface area contributed by atoms with Crippen LogP contribution in [0.3, 0.4) is 0 Å². The van der Waals surface area contributed by atoms with Crippen LogP contribution in [0.1, 0.15) is 30.0 Å². The molecule has 4 heteroatoms. The molecule has 0 unspecified atom stereocenters. The number of benzene rings is 3. The van der Waals surface area contributed by atoms with Crippen LogP contribution in [0.4, 0.5) is 0 Å². The number of allylic oxidation sites excluding steroid dienone is 2. The van der Waals surface area contributed by atoms with Crippen molar-refractivity contribution in [3.8, 4) is 11.5 Å². The number of ether oxygens (including phenoxy) is 1. The molecule has 4 rings (SSSR count). The molecule has 3 aromatic carbocycles. The van der Waals surface area contributed by atoms with Crippen LogP contribution in [-0.4, -0.2) is 11.1 Å². The molecule has 0 aromatic heterocycles. The first-order chi connectivity index (χ1) is 14.0. The van der Waals surface area contributed by atoms with Crippen LogP contribution in [0.15, 0.2) is 82.8 Å². The van der Waals surface area contributed by atoms with Gasteiger partial charge in [-0.3, -0.25) is 4.79 Å². The maximum absolute atomic E-state index is 11.4. The molecule has 0 radical (unpaired) electrons. The van der Waals surface area contributed by atoms with E-state index in [1.54, 1.807) is 0 Å². The maximum atomic E-state index is 11.4. The van der Waals surface area contributed by atoms with Gasteiger partial charge < -0.3 is 9.84 Å². The Labute approximate surface area is 178 Å². The number of hydrogen-bond donors (Lipinski definition) is 1. The van der Waals surface area contributed by atoms with E-state index in [4.69, 9.17) is 4.74 Å². The van der Waals surface area contributed by atoms with Crippen LogP contribution in [0.2, 0.25) is 0 Å². The van der Waals surface area contributed by atoms with E-state index in [-0.39, 0.29) is 6.42 Å². The number of carboxylic acid groups (broad SMARTS) is 1. The van der Waals surface area contributed by atoms with Crippen molar-refractivity contribution in [1.82, 2.24) is 0 Å². The van der Waals surface area contributed by atoms with Crippen molar-refractivity contribution in [2.24, 2.45) is 0 Å². The Balaban J connectivity index is 1.74. The van der Waals surface area contributed by atoms with Gasteiger partial charge in [-0.05, 0) is 82.8 Å². The first-order valence-corrected chi connectivity index (χ1v) is 10.1. The molecule has 0 fully saturated rings. The van der Waals surface area contributed by atoms with Crippen LogP contribution in [0.5, 0.6) is 11.5 Å². The summed E-state index contributed by atoms with van der Waals surface area (Å²) in [6.45, 7) is 1.99. The Morgan fingerprint density at radius 1 is 0.966 bits per heavy atom. The van der Waals surface area contributed by atoms with E-state index >= 15 is 0 Å². The number of rotatable bonds is 5. The Kier molecular flexibility index (Phi) is 5.36. The second kappa shape index (κ2) is 8.10. The highest BCUT2D eigenvalue weighted by atomic mass is 79.9. The summed E-state index contributed by atoms with van der Waals surface area (Å²) in [6, 6.07) is 23.5. The average Bonchev–Trinajstić information content (AvgIpc) is 2.94. The van der Waals surface area contributed by atoms with Gasteiger partial charge >= 0.3 is 5.97 Å². The van der Waals surface area contributed by atoms with E-state index in [1.807, 2.05) is 79.7 Å². The molecule has 0 spiro atoms. The fraction of sp³-hybridized carbons (Fsp3) is 0.0800. The largest absolute Gasteiger partial charge is 0.481 e. The van der Waals surface area contributed by atoms with Crippen LogP contribution < -0.4 is 4.74 Å². The number of carbonyl (C=O) groups is 1. The molecule has 29 heavy (non-hydrogen) atoms. The van der Waals surface area contributed by atoms with Gasteiger partial charge in [0, 0.05) is 4.47 Å². The molecule has 0 atom stereocenters. The van der Waals surface area contributed by atoms with E-state index in [0.29, 0.717) is 0 Å². The monoisotopic (exact) mass is 446 g/mol. The molecule has 0 bridgehead atoms. The fourth-order valence-electron chi connectivity index (χ4n) is 3.59. The van der Waals surface area contributed by atoms with Crippen molar-refractivity contribution in [2.45, 2.75) is 13.3 Å². The van der Waals surface area contributed by atoms with Crippen LogP contribution in [0, 0.1) is 0 Å². The van der Waals surface area contributed by atoms with E-state index in [2.05, 4.69) is 22.0 Å². The molecule has 0 amide bonds. The molecule has 0 saturated carbocycles. The molecule has 0 heterocycles. The van der Waals surface area contributed by atoms with Crippen LogP contribution >= 0.6 is 15.9 Å². The normalized spacial score (nSPS) is 14.2. The summed E-state index contributed by atoms with van der Waals surface area (Å²) in [6.07, 6.45) is 2.10. The third-order valence-corrected chi connectivity index (χ3v) is 5.42. The highest BCUT2D eigenvalue weighted by molar-refractivity contribution is 9.10. The molecule has 1 N–H and O–H groups in total. The van der Waals surface area contributed by atoms with Crippen molar-refractivity contribution >= 4 is 39.1 Å². The third-order valence-electron chi connectivity index (χ3n) is 4.93. The summed E-state index contributed by atoms with van der Waals surface area (Å²) >= 11 is 3.54. The molecular weight excluding hydrogens is 428 g/mol. The van der Waals surface area contributed by atoms with E-state index in [1.165, 1.54) is 0 Å². The lowest BCUT2D eigenvalue weighted by Crippen LogP contribution is -1.96. The van der Waals surface area contributed by atoms with Crippen molar-refractivity contribution in [2.75, 3.05) is 0 Å². The Bertz CT molecular complexity index is 1140. The van der Waals surface area contributed by atoms with Gasteiger partial charge in [0.25, 0.3) is 0 Å². The predicted octanol–water partition coefficient (Wildman–Crippen LogP) is 7.04. The van der Waals surface area contributed by atoms with Crippen molar-refractivity contribution < 1.29 is 14.6 Å². The number of carboxylic acids is 1. The van der Waals surface area contributed by atoms with E-state index < -0.39 is 5.97 Å². The third kappa shape index (κ3) is 4.17. The molecule has 1 aliphatic rings. The lowest BCUT2D eigenvalue weighted by molar-refractivity contribution is -0.135. The molecule has 144 valence electrons. The van der Waals surface area contributed by atoms with Crippen LogP contribution in [-0.2, 0) is 4.79 Å². The molecule has 3 nitrogen and oxygen atoms in total. The molecule has 3 aromatic rings. The van der Waals surface area contributed by atoms with E-state index in [0.717, 1.165) is 49.4 Å². The van der Waals surface area contributed by atoms with Gasteiger partial charge in [-0.25, -0.2) is 0 Å². The van der Waals surface area contributed by atoms with Crippen molar-refractivity contribution in [1.29, 1.82) is 0 Å². The Morgan fingerprint density at radius 2 is 1.72 bits per heavy atom. The minimum atomic E-state index is -0.826. The molecule has 1 aliphatic carbocycles. The smallest absolute Gasteiger partial charge is 0.307 e. The Morgan fingerprint density at radius 3 is 2.48 bits per heavy atom. The quantitative estimate of drug-likeness (QED) is 0.456. The first kappa shape index (κ1) is 19.2. The lowest BCUT2D eigenvalue weighted by atomic mass is 10.0. The van der Waals surface area contributed by atoms with Gasteiger partial charge in [0.2, 0.25) is 0 Å².